The fourth-order valence-corrected chi connectivity index (χ4v) is 1.58. The summed E-state index contributed by atoms with van der Waals surface area (Å²) in [6.07, 6.45) is 6.13. The molecule has 1 rings (SSSR count). The van der Waals surface area contributed by atoms with Crippen LogP contribution >= 0.6 is 0 Å². The largest absolute Gasteiger partial charge is 0.457 e. The monoisotopic (exact) mass is 186 g/mol. The molecule has 0 spiro atoms. The number of hydrogen-bond donors (Lipinski definition) is 0. The predicted octanol–water partition coefficient (Wildman–Crippen LogP) is 2.74. The van der Waals surface area contributed by atoms with Gasteiger partial charge < -0.3 is 4.74 Å². The van der Waals surface area contributed by atoms with Crippen molar-refractivity contribution >= 4 is 5.97 Å². The minimum atomic E-state index is -0.996. The number of ether oxygens (including phenoxy) is 1. The smallest absolute Gasteiger partial charge is 0.366 e. The Morgan fingerprint density at radius 1 is 1.23 bits per heavy atom. The van der Waals surface area contributed by atoms with Gasteiger partial charge in [-0.3, -0.25) is 0 Å². The zero-order valence-electron chi connectivity index (χ0n) is 7.72. The summed E-state index contributed by atoms with van der Waals surface area (Å²) in [6, 6.07) is 0. The lowest BCUT2D eigenvalue weighted by molar-refractivity contribution is -0.146. The summed E-state index contributed by atoms with van der Waals surface area (Å²) in [5.41, 5.74) is 0. The first-order chi connectivity index (χ1) is 6.20. The van der Waals surface area contributed by atoms with E-state index in [0.717, 1.165) is 25.7 Å². The van der Waals surface area contributed by atoms with Crippen LogP contribution in [0.5, 0.6) is 0 Å². The first-order valence-electron chi connectivity index (χ1n) is 4.75. The topological polar surface area (TPSA) is 26.3 Å². The van der Waals surface area contributed by atoms with Crippen LogP contribution in [-0.2, 0) is 9.53 Å². The van der Waals surface area contributed by atoms with Gasteiger partial charge in [-0.25, -0.2) is 4.79 Å². The number of carbonyl (C=O) groups is 1. The molecule has 1 aliphatic rings. The average molecular weight is 186 g/mol. The Bertz CT molecular complexity index is 193. The number of halogens is 1. The Morgan fingerprint density at radius 2 is 1.77 bits per heavy atom. The fraction of sp³-hybridized carbons (Fsp3) is 0.700. The van der Waals surface area contributed by atoms with Crippen LogP contribution in [0.2, 0.25) is 0 Å². The van der Waals surface area contributed by atoms with Crippen molar-refractivity contribution < 1.29 is 13.9 Å². The Hall–Kier alpha value is -0.860. The molecular weight excluding hydrogens is 171 g/mol. The highest BCUT2D eigenvalue weighted by Crippen LogP contribution is 2.20. The van der Waals surface area contributed by atoms with E-state index in [-0.39, 0.29) is 6.10 Å². The van der Waals surface area contributed by atoms with Crippen LogP contribution in [0.15, 0.2) is 12.4 Å². The van der Waals surface area contributed by atoms with E-state index in [1.54, 1.807) is 0 Å². The Morgan fingerprint density at radius 3 is 2.23 bits per heavy atom. The van der Waals surface area contributed by atoms with E-state index >= 15 is 0 Å². The molecule has 0 radical (unpaired) electrons. The van der Waals surface area contributed by atoms with Crippen LogP contribution in [0, 0.1) is 0 Å². The van der Waals surface area contributed by atoms with Gasteiger partial charge in [0.25, 0.3) is 0 Å². The van der Waals surface area contributed by atoms with E-state index in [2.05, 4.69) is 6.58 Å². The summed E-state index contributed by atoms with van der Waals surface area (Å²) < 4.78 is 17.2. The summed E-state index contributed by atoms with van der Waals surface area (Å²) in [5, 5.41) is 0. The summed E-state index contributed by atoms with van der Waals surface area (Å²) in [7, 11) is 0. The third kappa shape index (κ3) is 3.57. The van der Waals surface area contributed by atoms with Crippen LogP contribution in [0.3, 0.4) is 0 Å². The van der Waals surface area contributed by atoms with Gasteiger partial charge in [-0.15, -0.1) is 0 Å². The highest BCUT2D eigenvalue weighted by molar-refractivity contribution is 5.85. The van der Waals surface area contributed by atoms with E-state index in [1.807, 2.05) is 0 Å². The van der Waals surface area contributed by atoms with Crippen molar-refractivity contribution in [2.24, 2.45) is 0 Å². The quantitative estimate of drug-likeness (QED) is 0.376. The Kier molecular flexibility index (Phi) is 3.93. The molecule has 0 heterocycles. The van der Waals surface area contributed by atoms with Gasteiger partial charge in [0.1, 0.15) is 6.10 Å². The van der Waals surface area contributed by atoms with E-state index in [9.17, 15) is 9.18 Å². The van der Waals surface area contributed by atoms with Gasteiger partial charge in [0.2, 0.25) is 5.83 Å². The third-order valence-corrected chi connectivity index (χ3v) is 2.30. The van der Waals surface area contributed by atoms with Crippen molar-refractivity contribution in [2.45, 2.75) is 44.6 Å². The first kappa shape index (κ1) is 10.2. The van der Waals surface area contributed by atoms with Crippen molar-refractivity contribution in [1.82, 2.24) is 0 Å². The van der Waals surface area contributed by atoms with Gasteiger partial charge in [-0.1, -0.05) is 19.4 Å². The van der Waals surface area contributed by atoms with Gasteiger partial charge in [-0.05, 0) is 25.7 Å². The molecule has 0 aromatic carbocycles. The molecule has 0 aromatic heterocycles. The van der Waals surface area contributed by atoms with E-state index in [4.69, 9.17) is 4.74 Å². The fourth-order valence-electron chi connectivity index (χ4n) is 1.58. The minimum absolute atomic E-state index is 0.0949. The number of carbonyl (C=O) groups excluding carboxylic acids is 1. The van der Waals surface area contributed by atoms with Crippen LogP contribution in [-0.4, -0.2) is 12.1 Å². The van der Waals surface area contributed by atoms with Crippen molar-refractivity contribution in [2.75, 3.05) is 0 Å². The number of esters is 1. The standard InChI is InChI=1S/C10H15FO2/c1-8(11)10(12)13-9-6-4-2-3-5-7-9/h9H,1-7H2. The van der Waals surface area contributed by atoms with Gasteiger partial charge >= 0.3 is 5.97 Å². The van der Waals surface area contributed by atoms with Crippen molar-refractivity contribution in [3.8, 4) is 0 Å². The van der Waals surface area contributed by atoms with Gasteiger partial charge in [0.15, 0.2) is 0 Å². The lowest BCUT2D eigenvalue weighted by Crippen LogP contribution is -2.17. The molecule has 3 heteroatoms. The SMILES string of the molecule is C=C(F)C(=O)OC1CCCCCC1. The van der Waals surface area contributed by atoms with Crippen LogP contribution in [0.4, 0.5) is 4.39 Å². The molecule has 0 amide bonds. The molecule has 2 nitrogen and oxygen atoms in total. The maximum absolute atomic E-state index is 12.3. The molecule has 1 fully saturated rings. The summed E-state index contributed by atoms with van der Waals surface area (Å²) in [6.45, 7) is 2.90. The zero-order chi connectivity index (χ0) is 9.68. The Balaban J connectivity index is 2.33. The number of hydrogen-bond acceptors (Lipinski definition) is 2. The maximum Gasteiger partial charge on any atom is 0.366 e. The molecule has 74 valence electrons. The Labute approximate surface area is 77.8 Å². The zero-order valence-corrected chi connectivity index (χ0v) is 7.72. The second-order valence-electron chi connectivity index (χ2n) is 3.42. The lowest BCUT2D eigenvalue weighted by Gasteiger charge is -2.13. The van der Waals surface area contributed by atoms with Crippen LogP contribution < -0.4 is 0 Å². The summed E-state index contributed by atoms with van der Waals surface area (Å²) in [4.78, 5) is 10.8. The molecule has 1 saturated carbocycles. The summed E-state index contributed by atoms with van der Waals surface area (Å²) >= 11 is 0. The molecule has 0 aliphatic heterocycles. The predicted molar refractivity (Wildman–Crippen MR) is 47.8 cm³/mol. The molecule has 0 atom stereocenters. The van der Waals surface area contributed by atoms with Gasteiger partial charge in [-0.2, -0.15) is 4.39 Å². The van der Waals surface area contributed by atoms with Gasteiger partial charge in [0, 0.05) is 0 Å². The molecule has 0 saturated heterocycles. The molecule has 0 N–H and O–H groups in total. The minimum Gasteiger partial charge on any atom is -0.457 e. The molecule has 13 heavy (non-hydrogen) atoms. The van der Waals surface area contributed by atoms with E-state index in [1.165, 1.54) is 12.8 Å². The van der Waals surface area contributed by atoms with Crippen molar-refractivity contribution in [1.29, 1.82) is 0 Å². The molecular formula is C10H15FO2. The summed E-state index contributed by atoms with van der Waals surface area (Å²) in [5.74, 6) is -1.89. The average Bonchev–Trinajstić information content (AvgIpc) is 2.32. The molecule has 0 bridgehead atoms. The molecule has 0 aromatic rings. The van der Waals surface area contributed by atoms with Crippen LogP contribution in [0.25, 0.3) is 0 Å². The molecule has 1 aliphatic carbocycles. The van der Waals surface area contributed by atoms with E-state index in [0.29, 0.717) is 0 Å². The molecule has 0 unspecified atom stereocenters. The second kappa shape index (κ2) is 5.00. The number of rotatable bonds is 2. The van der Waals surface area contributed by atoms with Gasteiger partial charge in [0.05, 0.1) is 0 Å². The van der Waals surface area contributed by atoms with Crippen molar-refractivity contribution in [3.63, 3.8) is 0 Å². The maximum atomic E-state index is 12.3. The highest BCUT2D eigenvalue weighted by atomic mass is 19.1. The highest BCUT2D eigenvalue weighted by Gasteiger charge is 2.17. The second-order valence-corrected chi connectivity index (χ2v) is 3.42. The van der Waals surface area contributed by atoms with E-state index < -0.39 is 11.8 Å². The van der Waals surface area contributed by atoms with Crippen molar-refractivity contribution in [3.05, 3.63) is 12.4 Å². The van der Waals surface area contributed by atoms with Crippen LogP contribution in [0.1, 0.15) is 38.5 Å². The normalized spacial score (nSPS) is 19.2. The first-order valence-corrected chi connectivity index (χ1v) is 4.75. The third-order valence-electron chi connectivity index (χ3n) is 2.30. The lowest BCUT2D eigenvalue weighted by atomic mass is 10.1.